The van der Waals surface area contributed by atoms with Crippen LogP contribution in [0.3, 0.4) is 0 Å². The molecule has 0 aliphatic heterocycles. The molecule has 0 N–H and O–H groups in total. The standard InChI is InChI=1S/C66H84O15/c1-4-61(67)76-48-28-22-16-10-7-13-19-25-45-73-55-37-31-52(32-38-55)64(70)79-58-43-44-59(80-65(71)53-33-39-56(40-34-53)74-46-26-20-14-8-11-17-23-29-49-77-62(68)5-2)60(51-58)81-66(72)54-35-41-57(42-36-54)75-47-27-21-15-9-12-18-24-30-50-78-63(69)6-3/h4-6,31-44,51H,1-3,7-30,45-50H2. The number of carbonyl (C=O) groups is 6. The van der Waals surface area contributed by atoms with Crippen molar-refractivity contribution in [1.29, 1.82) is 0 Å². The second-order valence-corrected chi connectivity index (χ2v) is 19.5. The van der Waals surface area contributed by atoms with Crippen LogP contribution >= 0.6 is 0 Å². The Hall–Kier alpha value is -7.68. The number of ether oxygens (including phenoxy) is 9. The van der Waals surface area contributed by atoms with Crippen molar-refractivity contribution in [1.82, 2.24) is 0 Å². The van der Waals surface area contributed by atoms with Crippen LogP contribution in [-0.4, -0.2) is 75.5 Å². The zero-order chi connectivity index (χ0) is 58.0. The topological polar surface area (TPSA) is 185 Å². The smallest absolute Gasteiger partial charge is 0.343 e. The molecule has 0 atom stereocenters. The molecule has 0 spiro atoms. The van der Waals surface area contributed by atoms with E-state index in [9.17, 15) is 28.8 Å². The average molecular weight is 1120 g/mol. The van der Waals surface area contributed by atoms with E-state index in [-0.39, 0.29) is 51.8 Å². The van der Waals surface area contributed by atoms with Crippen LogP contribution in [0.2, 0.25) is 0 Å². The molecular formula is C66H84O15. The molecule has 4 rings (SSSR count). The maximum atomic E-state index is 13.6. The van der Waals surface area contributed by atoms with Crippen LogP contribution in [0.4, 0.5) is 0 Å². The van der Waals surface area contributed by atoms with Crippen LogP contribution in [0.25, 0.3) is 0 Å². The predicted octanol–water partition coefficient (Wildman–Crippen LogP) is 15.0. The van der Waals surface area contributed by atoms with Gasteiger partial charge in [-0.15, -0.1) is 0 Å². The van der Waals surface area contributed by atoms with Crippen molar-refractivity contribution in [2.75, 3.05) is 39.6 Å². The summed E-state index contributed by atoms with van der Waals surface area (Å²) in [7, 11) is 0. The minimum Gasteiger partial charge on any atom is -0.494 e. The molecule has 0 amide bonds. The average Bonchev–Trinajstić information content (AvgIpc) is 3.48. The van der Waals surface area contributed by atoms with Gasteiger partial charge in [-0.25, -0.2) is 28.8 Å². The van der Waals surface area contributed by atoms with Gasteiger partial charge in [0.2, 0.25) is 0 Å². The zero-order valence-electron chi connectivity index (χ0n) is 47.4. The van der Waals surface area contributed by atoms with Crippen LogP contribution in [-0.2, 0) is 28.6 Å². The summed E-state index contributed by atoms with van der Waals surface area (Å²) in [6, 6.07) is 23.9. The van der Waals surface area contributed by atoms with Gasteiger partial charge in [-0.1, -0.05) is 135 Å². The quantitative estimate of drug-likeness (QED) is 0.0134. The molecule has 0 saturated heterocycles. The highest BCUT2D eigenvalue weighted by Crippen LogP contribution is 2.34. The first-order chi connectivity index (χ1) is 39.6. The van der Waals surface area contributed by atoms with Crippen molar-refractivity contribution in [3.05, 3.63) is 146 Å². The third kappa shape index (κ3) is 29.4. The Balaban J connectivity index is 1.26. The number of hydrogen-bond acceptors (Lipinski definition) is 15. The monoisotopic (exact) mass is 1120 g/mol. The third-order valence-electron chi connectivity index (χ3n) is 13.0. The van der Waals surface area contributed by atoms with E-state index in [0.717, 1.165) is 154 Å². The van der Waals surface area contributed by atoms with Gasteiger partial charge in [0, 0.05) is 24.3 Å². The number of esters is 6. The predicted molar refractivity (Wildman–Crippen MR) is 311 cm³/mol. The Bertz CT molecular complexity index is 2500. The molecule has 0 unspecified atom stereocenters. The maximum absolute atomic E-state index is 13.6. The maximum Gasteiger partial charge on any atom is 0.343 e. The molecule has 0 bridgehead atoms. The molecule has 4 aromatic rings. The normalized spacial score (nSPS) is 10.7. The van der Waals surface area contributed by atoms with Crippen LogP contribution in [0.1, 0.15) is 185 Å². The summed E-state index contributed by atoms with van der Waals surface area (Å²) in [6.07, 6.45) is 28.3. The van der Waals surface area contributed by atoms with Crippen molar-refractivity contribution in [3.8, 4) is 34.5 Å². The van der Waals surface area contributed by atoms with Crippen molar-refractivity contribution < 1.29 is 71.4 Å². The van der Waals surface area contributed by atoms with E-state index in [1.807, 2.05) is 0 Å². The van der Waals surface area contributed by atoms with E-state index >= 15 is 0 Å². The lowest BCUT2D eigenvalue weighted by Crippen LogP contribution is -2.13. The summed E-state index contributed by atoms with van der Waals surface area (Å²) >= 11 is 0. The fourth-order valence-electron chi connectivity index (χ4n) is 8.32. The second-order valence-electron chi connectivity index (χ2n) is 19.5. The van der Waals surface area contributed by atoms with E-state index < -0.39 is 17.9 Å². The fraction of sp³-hybridized carbons (Fsp3) is 0.455. The van der Waals surface area contributed by atoms with E-state index in [1.54, 1.807) is 72.8 Å². The molecule has 0 aliphatic rings. The van der Waals surface area contributed by atoms with Gasteiger partial charge in [-0.05, 0) is 123 Å². The van der Waals surface area contributed by atoms with Crippen molar-refractivity contribution >= 4 is 35.8 Å². The lowest BCUT2D eigenvalue weighted by atomic mass is 10.1. The Kier molecular flexibility index (Phi) is 33.6. The summed E-state index contributed by atoms with van der Waals surface area (Å²) in [5.41, 5.74) is 0.717. The van der Waals surface area contributed by atoms with Gasteiger partial charge in [0.15, 0.2) is 11.5 Å². The number of unbranched alkanes of at least 4 members (excludes halogenated alkanes) is 21. The SMILES string of the molecule is C=CC(=O)OCCCCCCCCCCOc1ccc(C(=O)Oc2ccc(OC(=O)c3ccc(OCCCCCCCCCCOC(=O)C=C)cc3)c(OC(=O)c3ccc(OCCCCCCCCCCOC(=O)C=C)cc3)c2)cc1. The molecule has 15 heteroatoms. The number of carbonyl (C=O) groups excluding carboxylic acids is 6. The molecule has 0 saturated carbocycles. The number of hydrogen-bond donors (Lipinski definition) is 0. The lowest BCUT2D eigenvalue weighted by molar-refractivity contribution is -0.138. The molecule has 0 aliphatic carbocycles. The number of benzene rings is 4. The van der Waals surface area contributed by atoms with Crippen molar-refractivity contribution in [2.45, 2.75) is 154 Å². The molecule has 15 nitrogen and oxygen atoms in total. The zero-order valence-corrected chi connectivity index (χ0v) is 47.4. The molecule has 0 heterocycles. The summed E-state index contributed by atoms with van der Waals surface area (Å²) < 4.78 is 50.2. The van der Waals surface area contributed by atoms with Gasteiger partial charge in [0.05, 0.1) is 56.3 Å². The van der Waals surface area contributed by atoms with Gasteiger partial charge in [0.25, 0.3) is 0 Å². The molecule has 0 fully saturated rings. The van der Waals surface area contributed by atoms with Crippen molar-refractivity contribution in [2.24, 2.45) is 0 Å². The van der Waals surface area contributed by atoms with Crippen LogP contribution in [0.15, 0.2) is 129 Å². The Morgan fingerprint density at radius 1 is 0.284 bits per heavy atom. The van der Waals surface area contributed by atoms with Gasteiger partial charge >= 0.3 is 35.8 Å². The molecule has 438 valence electrons. The van der Waals surface area contributed by atoms with Gasteiger partial charge in [-0.2, -0.15) is 0 Å². The summed E-state index contributed by atoms with van der Waals surface area (Å²) in [5, 5.41) is 0. The Labute approximate surface area is 479 Å². The number of rotatable bonds is 45. The second kappa shape index (κ2) is 41.3. The van der Waals surface area contributed by atoms with Crippen LogP contribution in [0.5, 0.6) is 34.5 Å². The summed E-state index contributed by atoms with van der Waals surface area (Å²) in [4.78, 5) is 73.9. The molecular weight excluding hydrogens is 1030 g/mol. The summed E-state index contributed by atoms with van der Waals surface area (Å²) in [5.74, 6) is -1.60. The molecule has 81 heavy (non-hydrogen) atoms. The molecule has 0 radical (unpaired) electrons. The minimum absolute atomic E-state index is 0.0478. The Morgan fingerprint density at radius 3 is 0.827 bits per heavy atom. The van der Waals surface area contributed by atoms with Gasteiger partial charge in [-0.3, -0.25) is 0 Å². The fourth-order valence-corrected chi connectivity index (χ4v) is 8.32. The van der Waals surface area contributed by atoms with E-state index in [0.29, 0.717) is 56.9 Å². The van der Waals surface area contributed by atoms with Gasteiger partial charge < -0.3 is 42.6 Å². The third-order valence-corrected chi connectivity index (χ3v) is 13.0. The first kappa shape index (κ1) is 65.8. The highest BCUT2D eigenvalue weighted by molar-refractivity contribution is 5.94. The minimum atomic E-state index is -0.740. The highest BCUT2D eigenvalue weighted by Gasteiger charge is 2.20. The highest BCUT2D eigenvalue weighted by atomic mass is 16.6. The largest absolute Gasteiger partial charge is 0.494 e. The van der Waals surface area contributed by atoms with E-state index in [1.165, 1.54) is 36.4 Å². The molecule has 0 aromatic heterocycles. The lowest BCUT2D eigenvalue weighted by Gasteiger charge is -2.13. The van der Waals surface area contributed by atoms with Crippen molar-refractivity contribution in [3.63, 3.8) is 0 Å². The molecule has 4 aromatic carbocycles. The van der Waals surface area contributed by atoms with Crippen LogP contribution < -0.4 is 28.4 Å². The van der Waals surface area contributed by atoms with E-state index in [2.05, 4.69) is 19.7 Å². The van der Waals surface area contributed by atoms with Crippen LogP contribution in [0, 0.1) is 0 Å². The summed E-state index contributed by atoms with van der Waals surface area (Å²) in [6.45, 7) is 13.1. The van der Waals surface area contributed by atoms with E-state index in [4.69, 9.17) is 42.6 Å². The Morgan fingerprint density at radius 2 is 0.531 bits per heavy atom. The van der Waals surface area contributed by atoms with Gasteiger partial charge in [0.1, 0.15) is 23.0 Å². The first-order valence-corrected chi connectivity index (χ1v) is 28.9. The first-order valence-electron chi connectivity index (χ1n) is 28.9.